The van der Waals surface area contributed by atoms with E-state index in [1.165, 1.54) is 19.3 Å². The molecule has 0 spiro atoms. The molecule has 0 aliphatic rings. The van der Waals surface area contributed by atoms with Gasteiger partial charge in [-0.25, -0.2) is 0 Å². The molecule has 0 aliphatic heterocycles. The average molecular weight is 157 g/mol. The minimum Gasteiger partial charge on any atom is -0.325 e. The highest BCUT2D eigenvalue weighted by Gasteiger charge is 2.25. The van der Waals surface area contributed by atoms with Crippen LogP contribution in [0.5, 0.6) is 0 Å². The van der Waals surface area contributed by atoms with E-state index in [9.17, 15) is 0 Å². The smallest absolute Gasteiger partial charge is 0.0154 e. The van der Waals surface area contributed by atoms with Gasteiger partial charge in [-0.15, -0.1) is 0 Å². The average Bonchev–Trinajstić information content (AvgIpc) is 1.89. The summed E-state index contributed by atoms with van der Waals surface area (Å²) in [6.45, 7) is 8.85. The first kappa shape index (κ1) is 11.0. The van der Waals surface area contributed by atoms with Gasteiger partial charge in [0.15, 0.2) is 0 Å². The predicted molar refractivity (Wildman–Crippen MR) is 51.6 cm³/mol. The van der Waals surface area contributed by atoms with E-state index in [0.717, 1.165) is 6.42 Å². The Morgan fingerprint density at radius 3 is 1.91 bits per heavy atom. The fraction of sp³-hybridized carbons (Fsp3) is 1.00. The fourth-order valence-corrected chi connectivity index (χ4v) is 1.96. The van der Waals surface area contributed by atoms with E-state index in [0.29, 0.717) is 5.92 Å². The van der Waals surface area contributed by atoms with Gasteiger partial charge in [-0.2, -0.15) is 0 Å². The SMILES string of the molecule is CCCC(C)(N)C(CC)CC. The largest absolute Gasteiger partial charge is 0.325 e. The topological polar surface area (TPSA) is 26.0 Å². The number of hydrogen-bond donors (Lipinski definition) is 1. The van der Waals surface area contributed by atoms with Crippen LogP contribution in [0.1, 0.15) is 53.4 Å². The first-order valence-corrected chi connectivity index (χ1v) is 4.87. The second-order valence-electron chi connectivity index (χ2n) is 3.77. The second-order valence-corrected chi connectivity index (χ2v) is 3.77. The van der Waals surface area contributed by atoms with Crippen LogP contribution >= 0.6 is 0 Å². The highest BCUT2D eigenvalue weighted by molar-refractivity contribution is 4.84. The van der Waals surface area contributed by atoms with Crippen molar-refractivity contribution in [3.8, 4) is 0 Å². The summed E-state index contributed by atoms with van der Waals surface area (Å²) >= 11 is 0. The molecule has 1 heteroatoms. The van der Waals surface area contributed by atoms with Gasteiger partial charge >= 0.3 is 0 Å². The number of rotatable bonds is 5. The van der Waals surface area contributed by atoms with Crippen LogP contribution in [0.25, 0.3) is 0 Å². The van der Waals surface area contributed by atoms with Crippen LogP contribution in [0.2, 0.25) is 0 Å². The fourth-order valence-electron chi connectivity index (χ4n) is 1.96. The van der Waals surface area contributed by atoms with Gasteiger partial charge < -0.3 is 5.73 Å². The lowest BCUT2D eigenvalue weighted by molar-refractivity contribution is 0.258. The molecule has 0 aromatic rings. The van der Waals surface area contributed by atoms with E-state index >= 15 is 0 Å². The van der Waals surface area contributed by atoms with Crippen molar-refractivity contribution in [3.63, 3.8) is 0 Å². The summed E-state index contributed by atoms with van der Waals surface area (Å²) in [4.78, 5) is 0. The summed E-state index contributed by atoms with van der Waals surface area (Å²) in [5.74, 6) is 0.697. The quantitative estimate of drug-likeness (QED) is 0.652. The maximum Gasteiger partial charge on any atom is 0.0154 e. The van der Waals surface area contributed by atoms with Crippen molar-refractivity contribution >= 4 is 0 Å². The van der Waals surface area contributed by atoms with Crippen molar-refractivity contribution in [2.75, 3.05) is 0 Å². The molecule has 0 rings (SSSR count). The Kier molecular flexibility index (Phi) is 4.74. The predicted octanol–water partition coefficient (Wildman–Crippen LogP) is 2.94. The van der Waals surface area contributed by atoms with Crippen LogP contribution < -0.4 is 5.73 Å². The van der Waals surface area contributed by atoms with Gasteiger partial charge in [0.05, 0.1) is 0 Å². The van der Waals surface area contributed by atoms with Gasteiger partial charge in [0.1, 0.15) is 0 Å². The Bertz CT molecular complexity index is 93.0. The van der Waals surface area contributed by atoms with Crippen molar-refractivity contribution in [2.45, 2.75) is 58.9 Å². The van der Waals surface area contributed by atoms with Crippen LogP contribution in [0.4, 0.5) is 0 Å². The molecule has 0 bridgehead atoms. The van der Waals surface area contributed by atoms with Gasteiger partial charge in [-0.3, -0.25) is 0 Å². The maximum absolute atomic E-state index is 6.19. The summed E-state index contributed by atoms with van der Waals surface area (Å²) < 4.78 is 0. The summed E-state index contributed by atoms with van der Waals surface area (Å²) in [7, 11) is 0. The molecule has 0 aromatic heterocycles. The van der Waals surface area contributed by atoms with Crippen molar-refractivity contribution in [1.29, 1.82) is 0 Å². The lowest BCUT2D eigenvalue weighted by Crippen LogP contribution is -2.43. The van der Waals surface area contributed by atoms with Crippen molar-refractivity contribution in [1.82, 2.24) is 0 Å². The van der Waals surface area contributed by atoms with E-state index < -0.39 is 0 Å². The molecule has 0 fully saturated rings. The minimum absolute atomic E-state index is 0.0677. The molecule has 1 unspecified atom stereocenters. The molecular formula is C10H23N. The van der Waals surface area contributed by atoms with Crippen LogP contribution in [0.15, 0.2) is 0 Å². The maximum atomic E-state index is 6.19. The van der Waals surface area contributed by atoms with Crippen molar-refractivity contribution in [3.05, 3.63) is 0 Å². The standard InChI is InChI=1S/C10H23N/c1-5-8-10(4,11)9(6-2)7-3/h9H,5-8,11H2,1-4H3. The zero-order valence-corrected chi connectivity index (χ0v) is 8.48. The molecule has 11 heavy (non-hydrogen) atoms. The van der Waals surface area contributed by atoms with Crippen molar-refractivity contribution in [2.24, 2.45) is 11.7 Å². The Morgan fingerprint density at radius 2 is 1.64 bits per heavy atom. The summed E-state index contributed by atoms with van der Waals surface area (Å²) in [6, 6.07) is 0. The molecule has 0 radical (unpaired) electrons. The lowest BCUT2D eigenvalue weighted by atomic mass is 9.80. The zero-order chi connectivity index (χ0) is 8.91. The molecule has 0 aromatic carbocycles. The third kappa shape index (κ3) is 3.24. The third-order valence-electron chi connectivity index (χ3n) is 2.71. The molecule has 0 saturated carbocycles. The number of nitrogens with two attached hydrogens (primary N) is 1. The van der Waals surface area contributed by atoms with Crippen molar-refractivity contribution < 1.29 is 0 Å². The summed E-state index contributed by atoms with van der Waals surface area (Å²) in [5, 5.41) is 0. The highest BCUT2D eigenvalue weighted by Crippen LogP contribution is 2.25. The molecule has 0 heterocycles. The van der Waals surface area contributed by atoms with Gasteiger partial charge in [0.25, 0.3) is 0 Å². The zero-order valence-electron chi connectivity index (χ0n) is 8.48. The van der Waals surface area contributed by atoms with Crippen LogP contribution in [0.3, 0.4) is 0 Å². The normalized spacial score (nSPS) is 16.9. The molecule has 0 aliphatic carbocycles. The number of hydrogen-bond acceptors (Lipinski definition) is 1. The second kappa shape index (κ2) is 4.76. The lowest BCUT2D eigenvalue weighted by Gasteiger charge is -2.32. The first-order chi connectivity index (χ1) is 5.08. The molecule has 1 nitrogen and oxygen atoms in total. The van der Waals surface area contributed by atoms with Crippen LogP contribution in [-0.2, 0) is 0 Å². The van der Waals surface area contributed by atoms with Gasteiger partial charge in [0, 0.05) is 5.54 Å². The minimum atomic E-state index is 0.0677. The van der Waals surface area contributed by atoms with E-state index in [1.54, 1.807) is 0 Å². The molecule has 1 atom stereocenters. The Labute approximate surface area is 71.4 Å². The summed E-state index contributed by atoms with van der Waals surface area (Å²) in [6.07, 6.45) is 4.77. The Hall–Kier alpha value is -0.0400. The Morgan fingerprint density at radius 1 is 1.18 bits per heavy atom. The molecule has 68 valence electrons. The van der Waals surface area contributed by atoms with E-state index in [4.69, 9.17) is 5.73 Å². The van der Waals surface area contributed by atoms with Crippen LogP contribution in [-0.4, -0.2) is 5.54 Å². The van der Waals surface area contributed by atoms with Gasteiger partial charge in [-0.1, -0.05) is 40.0 Å². The van der Waals surface area contributed by atoms with E-state index in [1.807, 2.05) is 0 Å². The van der Waals surface area contributed by atoms with E-state index in [2.05, 4.69) is 27.7 Å². The third-order valence-corrected chi connectivity index (χ3v) is 2.71. The highest BCUT2D eigenvalue weighted by atomic mass is 14.7. The summed E-state index contributed by atoms with van der Waals surface area (Å²) in [5.41, 5.74) is 6.26. The first-order valence-electron chi connectivity index (χ1n) is 4.87. The Balaban J connectivity index is 4.00. The van der Waals surface area contributed by atoms with E-state index in [-0.39, 0.29) is 5.54 Å². The monoisotopic (exact) mass is 157 g/mol. The molecule has 2 N–H and O–H groups in total. The van der Waals surface area contributed by atoms with Crippen LogP contribution in [0, 0.1) is 5.92 Å². The van der Waals surface area contributed by atoms with Gasteiger partial charge in [-0.05, 0) is 19.3 Å². The molecular weight excluding hydrogens is 134 g/mol. The van der Waals surface area contributed by atoms with Gasteiger partial charge in [0.2, 0.25) is 0 Å². The molecule has 0 saturated heterocycles. The molecule has 0 amide bonds.